The fourth-order valence-electron chi connectivity index (χ4n) is 4.18. The number of benzene rings is 3. The highest BCUT2D eigenvalue weighted by Gasteiger charge is 2.35. The molecule has 1 unspecified atom stereocenters. The van der Waals surface area contributed by atoms with Crippen molar-refractivity contribution in [2.75, 3.05) is 11.9 Å². The first kappa shape index (κ1) is 24.5. The van der Waals surface area contributed by atoms with E-state index < -0.39 is 23.5 Å². The number of aromatic carboxylic acids is 1. The zero-order valence-corrected chi connectivity index (χ0v) is 20.9. The van der Waals surface area contributed by atoms with E-state index >= 15 is 0 Å². The van der Waals surface area contributed by atoms with Crippen LogP contribution < -0.4 is 10.6 Å². The maximum Gasteiger partial charge on any atom is 0.408 e. The van der Waals surface area contributed by atoms with Crippen molar-refractivity contribution in [3.05, 3.63) is 87.9 Å². The van der Waals surface area contributed by atoms with Crippen molar-refractivity contribution in [2.24, 2.45) is 0 Å². The van der Waals surface area contributed by atoms with Crippen LogP contribution in [0.25, 0.3) is 11.1 Å². The molecule has 0 radical (unpaired) electrons. The molecule has 3 aromatic carbocycles. The number of hydrogen-bond acceptors (Lipinski definition) is 4. The number of fused-ring (bicyclic) bond motifs is 3. The van der Waals surface area contributed by atoms with E-state index in [1.54, 1.807) is 13.8 Å². The van der Waals surface area contributed by atoms with Crippen LogP contribution in [0.3, 0.4) is 0 Å². The van der Waals surface area contributed by atoms with Crippen LogP contribution in [-0.4, -0.2) is 35.2 Å². The lowest BCUT2D eigenvalue weighted by Crippen LogP contribution is -2.54. The number of halogens is 1. The van der Waals surface area contributed by atoms with Crippen LogP contribution in [-0.2, 0) is 9.53 Å². The number of carbonyl (C=O) groups excluding carboxylic acids is 2. The lowest BCUT2D eigenvalue weighted by atomic mass is 9.97. The molecule has 0 aliphatic heterocycles. The summed E-state index contributed by atoms with van der Waals surface area (Å²) in [6.07, 6.45) is -0.375. The molecule has 3 aromatic rings. The fourth-order valence-corrected chi connectivity index (χ4v) is 4.65. The van der Waals surface area contributed by atoms with Crippen molar-refractivity contribution < 1.29 is 24.2 Å². The maximum absolute atomic E-state index is 13.0. The Hall–Kier alpha value is -3.65. The number of carboxylic acids is 1. The molecule has 180 valence electrons. The molecule has 0 fully saturated rings. The molecule has 35 heavy (non-hydrogen) atoms. The van der Waals surface area contributed by atoms with Crippen LogP contribution in [0.4, 0.5) is 10.5 Å². The second-order valence-electron chi connectivity index (χ2n) is 8.59. The third-order valence-electron chi connectivity index (χ3n) is 6.39. The molecule has 0 saturated heterocycles. The van der Waals surface area contributed by atoms with Gasteiger partial charge in [0, 0.05) is 10.4 Å². The van der Waals surface area contributed by atoms with Gasteiger partial charge in [-0.15, -0.1) is 0 Å². The zero-order chi connectivity index (χ0) is 25.2. The summed E-state index contributed by atoms with van der Waals surface area (Å²) in [5, 5.41) is 14.6. The Morgan fingerprint density at radius 3 is 2.14 bits per heavy atom. The molecule has 0 bridgehead atoms. The molecule has 4 rings (SSSR count). The second-order valence-corrected chi connectivity index (χ2v) is 9.44. The normalized spacial score (nSPS) is 13.8. The molecule has 0 saturated carbocycles. The average molecular weight is 537 g/mol. The Kier molecular flexibility index (Phi) is 6.93. The first-order chi connectivity index (χ1) is 16.7. The first-order valence-electron chi connectivity index (χ1n) is 11.2. The van der Waals surface area contributed by atoms with Gasteiger partial charge >= 0.3 is 12.1 Å². The van der Waals surface area contributed by atoms with E-state index in [0.717, 1.165) is 22.3 Å². The Labute approximate surface area is 211 Å². The molecule has 8 heteroatoms. The van der Waals surface area contributed by atoms with Crippen molar-refractivity contribution in [1.29, 1.82) is 0 Å². The minimum absolute atomic E-state index is 0.0847. The standard InChI is InChI=1S/C27H25BrN2O5/c1-3-27(2,25(33)29-23-13-12-16(24(31)32)14-22(23)28)30-26(34)35-15-21-19-10-6-4-8-17(19)18-9-5-7-11-20(18)21/h4-14,21H,3,15H2,1-2H3,(H,29,33)(H,30,34)(H,31,32). The highest BCUT2D eigenvalue weighted by Crippen LogP contribution is 2.44. The molecular weight excluding hydrogens is 512 g/mol. The molecule has 1 atom stereocenters. The summed E-state index contributed by atoms with van der Waals surface area (Å²) in [6, 6.07) is 20.4. The summed E-state index contributed by atoms with van der Waals surface area (Å²) >= 11 is 3.28. The summed E-state index contributed by atoms with van der Waals surface area (Å²) in [7, 11) is 0. The van der Waals surface area contributed by atoms with E-state index in [1.165, 1.54) is 18.2 Å². The van der Waals surface area contributed by atoms with E-state index in [1.807, 2.05) is 36.4 Å². The average Bonchev–Trinajstić information content (AvgIpc) is 3.17. The third kappa shape index (κ3) is 4.93. The summed E-state index contributed by atoms with van der Waals surface area (Å²) < 4.78 is 6.02. The smallest absolute Gasteiger partial charge is 0.408 e. The van der Waals surface area contributed by atoms with Crippen LogP contribution >= 0.6 is 15.9 Å². The predicted molar refractivity (Wildman–Crippen MR) is 137 cm³/mol. The molecule has 1 aliphatic carbocycles. The summed E-state index contributed by atoms with van der Waals surface area (Å²) in [5.74, 6) is -1.60. The number of rotatable bonds is 7. The molecule has 1 aliphatic rings. The number of carbonyl (C=O) groups is 3. The van der Waals surface area contributed by atoms with Gasteiger partial charge in [0.25, 0.3) is 0 Å². The van der Waals surface area contributed by atoms with Gasteiger partial charge in [0.1, 0.15) is 12.1 Å². The number of hydrogen-bond donors (Lipinski definition) is 3. The van der Waals surface area contributed by atoms with Gasteiger partial charge in [-0.3, -0.25) is 4.79 Å². The summed E-state index contributed by atoms with van der Waals surface area (Å²) in [5.41, 5.74) is 3.72. The Morgan fingerprint density at radius 1 is 1.00 bits per heavy atom. The Morgan fingerprint density at radius 2 is 1.60 bits per heavy atom. The van der Waals surface area contributed by atoms with Gasteiger partial charge in [0.15, 0.2) is 0 Å². The SMILES string of the molecule is CCC(C)(NC(=O)OCC1c2ccccc2-c2ccccc21)C(=O)Nc1ccc(C(=O)O)cc1Br. The van der Waals surface area contributed by atoms with E-state index in [-0.39, 0.29) is 18.1 Å². The van der Waals surface area contributed by atoms with E-state index in [4.69, 9.17) is 9.84 Å². The van der Waals surface area contributed by atoms with Gasteiger partial charge in [-0.05, 0) is 69.7 Å². The second kappa shape index (κ2) is 9.92. The molecule has 7 nitrogen and oxygen atoms in total. The number of ether oxygens (including phenoxy) is 1. The largest absolute Gasteiger partial charge is 0.478 e. The van der Waals surface area contributed by atoms with Crippen LogP contribution in [0.1, 0.15) is 47.7 Å². The lowest BCUT2D eigenvalue weighted by molar-refractivity contribution is -0.121. The lowest BCUT2D eigenvalue weighted by Gasteiger charge is -2.28. The minimum atomic E-state index is -1.24. The maximum atomic E-state index is 13.0. The van der Waals surface area contributed by atoms with E-state index in [9.17, 15) is 14.4 Å². The monoisotopic (exact) mass is 536 g/mol. The topological polar surface area (TPSA) is 105 Å². The molecular formula is C27H25BrN2O5. The van der Waals surface area contributed by atoms with Crippen LogP contribution in [0.15, 0.2) is 71.2 Å². The number of carboxylic acid groups (broad SMARTS) is 1. The van der Waals surface area contributed by atoms with Gasteiger partial charge < -0.3 is 20.5 Å². The number of anilines is 1. The summed E-state index contributed by atoms with van der Waals surface area (Å²) in [4.78, 5) is 36.9. The fraction of sp³-hybridized carbons (Fsp3) is 0.222. The van der Waals surface area contributed by atoms with E-state index in [0.29, 0.717) is 16.6 Å². The first-order valence-corrected chi connectivity index (χ1v) is 12.0. The molecule has 0 spiro atoms. The van der Waals surface area contributed by atoms with Crippen molar-refractivity contribution in [1.82, 2.24) is 5.32 Å². The van der Waals surface area contributed by atoms with Crippen molar-refractivity contribution in [2.45, 2.75) is 31.7 Å². The highest BCUT2D eigenvalue weighted by atomic mass is 79.9. The van der Waals surface area contributed by atoms with Crippen molar-refractivity contribution >= 4 is 39.6 Å². The van der Waals surface area contributed by atoms with Gasteiger partial charge in [-0.1, -0.05) is 55.5 Å². The van der Waals surface area contributed by atoms with Crippen LogP contribution in [0.2, 0.25) is 0 Å². The molecule has 0 aromatic heterocycles. The van der Waals surface area contributed by atoms with Crippen LogP contribution in [0.5, 0.6) is 0 Å². The number of nitrogens with one attached hydrogen (secondary N) is 2. The minimum Gasteiger partial charge on any atom is -0.478 e. The number of alkyl carbamates (subject to hydrolysis) is 1. The van der Waals surface area contributed by atoms with Gasteiger partial charge in [-0.25, -0.2) is 9.59 Å². The van der Waals surface area contributed by atoms with Crippen LogP contribution in [0, 0.1) is 0 Å². The number of amides is 2. The van der Waals surface area contributed by atoms with Gasteiger partial charge in [0.05, 0.1) is 11.3 Å². The van der Waals surface area contributed by atoms with E-state index in [2.05, 4.69) is 38.7 Å². The zero-order valence-electron chi connectivity index (χ0n) is 19.3. The Bertz CT molecular complexity index is 1260. The highest BCUT2D eigenvalue weighted by molar-refractivity contribution is 9.10. The van der Waals surface area contributed by atoms with Crippen molar-refractivity contribution in [3.63, 3.8) is 0 Å². The Balaban J connectivity index is 1.43. The third-order valence-corrected chi connectivity index (χ3v) is 7.05. The summed E-state index contributed by atoms with van der Waals surface area (Å²) in [6.45, 7) is 3.54. The van der Waals surface area contributed by atoms with Gasteiger partial charge in [0.2, 0.25) is 5.91 Å². The molecule has 3 N–H and O–H groups in total. The quantitative estimate of drug-likeness (QED) is 0.354. The molecule has 0 heterocycles. The predicted octanol–water partition coefficient (Wildman–Crippen LogP) is 5.79. The van der Waals surface area contributed by atoms with Gasteiger partial charge in [-0.2, -0.15) is 0 Å². The van der Waals surface area contributed by atoms with Crippen molar-refractivity contribution in [3.8, 4) is 11.1 Å². The molecule has 2 amide bonds.